The monoisotopic (exact) mass is 363 g/mol. The van der Waals surface area contributed by atoms with Crippen molar-refractivity contribution in [1.82, 2.24) is 10.2 Å². The fraction of sp³-hybridized carbons (Fsp3) is 0.200. The Hall–Kier alpha value is -2.86. The number of carbonyl (C=O) groups is 2. The summed E-state index contributed by atoms with van der Waals surface area (Å²) in [6.45, 7) is 6.13. The van der Waals surface area contributed by atoms with Crippen molar-refractivity contribution in [2.45, 2.75) is 26.2 Å². The van der Waals surface area contributed by atoms with Crippen molar-refractivity contribution < 1.29 is 9.59 Å². The molecule has 1 N–H and O–H groups in total. The van der Waals surface area contributed by atoms with Gasteiger partial charge in [-0.2, -0.15) is 0 Å². The summed E-state index contributed by atoms with van der Waals surface area (Å²) in [5, 5.41) is 12.2. The van der Waals surface area contributed by atoms with Crippen LogP contribution < -0.4 is 5.32 Å². The maximum atomic E-state index is 12.6. The Morgan fingerprint density at radius 1 is 0.962 bits per heavy atom. The quantitative estimate of drug-likeness (QED) is 0.576. The minimum atomic E-state index is -0.298. The highest BCUT2D eigenvalue weighted by Gasteiger charge is 2.27. The standard InChI is InChI=1S/C20H17N3O2S/c1-20(2,3)18-22-23-19(26-18)21-17(25)11-8-9-13-12-6-4-5-7-14(12)16(24)15(13)10-11/h4-10H,1-3H3,(H,21,23,25). The molecule has 1 aliphatic rings. The second-order valence-corrected chi connectivity index (χ2v) is 8.23. The number of nitrogens with one attached hydrogen (secondary N) is 1. The minimum absolute atomic E-state index is 0.0452. The molecule has 1 aliphatic carbocycles. The summed E-state index contributed by atoms with van der Waals surface area (Å²) in [5.74, 6) is -0.343. The summed E-state index contributed by atoms with van der Waals surface area (Å²) < 4.78 is 0. The van der Waals surface area contributed by atoms with Gasteiger partial charge in [0.15, 0.2) is 5.78 Å². The second-order valence-electron chi connectivity index (χ2n) is 7.25. The number of aromatic nitrogens is 2. The van der Waals surface area contributed by atoms with Gasteiger partial charge in [-0.3, -0.25) is 14.9 Å². The van der Waals surface area contributed by atoms with Gasteiger partial charge in [0.25, 0.3) is 5.91 Å². The molecule has 0 saturated heterocycles. The van der Waals surface area contributed by atoms with Gasteiger partial charge in [0.2, 0.25) is 5.13 Å². The van der Waals surface area contributed by atoms with E-state index >= 15 is 0 Å². The summed E-state index contributed by atoms with van der Waals surface area (Å²) in [6, 6.07) is 12.7. The van der Waals surface area contributed by atoms with Gasteiger partial charge in [-0.05, 0) is 23.3 Å². The number of hydrogen-bond acceptors (Lipinski definition) is 5. The Morgan fingerprint density at radius 3 is 2.35 bits per heavy atom. The van der Waals surface area contributed by atoms with E-state index in [2.05, 4.69) is 15.5 Å². The molecule has 130 valence electrons. The summed E-state index contributed by atoms with van der Waals surface area (Å²) >= 11 is 1.36. The van der Waals surface area contributed by atoms with Crippen LogP contribution in [0.4, 0.5) is 5.13 Å². The lowest BCUT2D eigenvalue weighted by Crippen LogP contribution is -2.12. The highest BCUT2D eigenvalue weighted by Crippen LogP contribution is 2.37. The van der Waals surface area contributed by atoms with Crippen LogP contribution in [0.3, 0.4) is 0 Å². The zero-order chi connectivity index (χ0) is 18.5. The number of carbonyl (C=O) groups excluding carboxylic acids is 2. The Balaban J connectivity index is 1.61. The highest BCUT2D eigenvalue weighted by atomic mass is 32.1. The minimum Gasteiger partial charge on any atom is -0.296 e. The lowest BCUT2D eigenvalue weighted by molar-refractivity contribution is 0.102. The summed E-state index contributed by atoms with van der Waals surface area (Å²) in [5.41, 5.74) is 3.33. The molecule has 3 aromatic rings. The number of hydrogen-bond donors (Lipinski definition) is 1. The van der Waals surface area contributed by atoms with Gasteiger partial charge < -0.3 is 0 Å². The van der Waals surface area contributed by atoms with Crippen molar-refractivity contribution in [1.29, 1.82) is 0 Å². The van der Waals surface area contributed by atoms with Crippen LogP contribution in [0.25, 0.3) is 11.1 Å². The Labute approximate surface area is 155 Å². The third-order valence-electron chi connectivity index (χ3n) is 4.28. The number of nitrogens with zero attached hydrogens (tertiary/aromatic N) is 2. The predicted molar refractivity (Wildman–Crippen MR) is 102 cm³/mol. The van der Waals surface area contributed by atoms with E-state index < -0.39 is 0 Å². The molecule has 2 aromatic carbocycles. The van der Waals surface area contributed by atoms with Gasteiger partial charge in [-0.1, -0.05) is 62.4 Å². The lowest BCUT2D eigenvalue weighted by atomic mass is 9.98. The maximum Gasteiger partial charge on any atom is 0.257 e. The van der Waals surface area contributed by atoms with Crippen molar-refractivity contribution in [3.63, 3.8) is 0 Å². The SMILES string of the molecule is CC(C)(C)c1nnc(NC(=O)c2ccc3c(c2)C(=O)c2ccccc2-3)s1. The maximum absolute atomic E-state index is 12.6. The molecule has 0 atom stereocenters. The van der Waals surface area contributed by atoms with Gasteiger partial charge in [0.1, 0.15) is 5.01 Å². The molecular formula is C20H17N3O2S. The second kappa shape index (κ2) is 5.85. The van der Waals surface area contributed by atoms with Gasteiger partial charge in [0, 0.05) is 22.1 Å². The number of anilines is 1. The summed E-state index contributed by atoms with van der Waals surface area (Å²) in [6.07, 6.45) is 0. The molecule has 1 heterocycles. The Morgan fingerprint density at radius 2 is 1.65 bits per heavy atom. The van der Waals surface area contributed by atoms with Crippen LogP contribution in [0.1, 0.15) is 52.1 Å². The third-order valence-corrected chi connectivity index (χ3v) is 5.54. The van der Waals surface area contributed by atoms with Crippen molar-refractivity contribution in [3.8, 4) is 11.1 Å². The lowest BCUT2D eigenvalue weighted by Gasteiger charge is -2.12. The van der Waals surface area contributed by atoms with Crippen molar-refractivity contribution in [2.75, 3.05) is 5.32 Å². The molecule has 4 rings (SSSR count). The van der Waals surface area contributed by atoms with Crippen LogP contribution >= 0.6 is 11.3 Å². The van der Waals surface area contributed by atoms with Crippen molar-refractivity contribution in [2.24, 2.45) is 0 Å². The van der Waals surface area contributed by atoms with Crippen LogP contribution in [-0.2, 0) is 5.41 Å². The zero-order valence-corrected chi connectivity index (χ0v) is 15.5. The highest BCUT2D eigenvalue weighted by molar-refractivity contribution is 7.15. The molecule has 0 radical (unpaired) electrons. The van der Waals surface area contributed by atoms with E-state index in [9.17, 15) is 9.59 Å². The number of amides is 1. The van der Waals surface area contributed by atoms with E-state index in [4.69, 9.17) is 0 Å². The molecule has 0 saturated carbocycles. The van der Waals surface area contributed by atoms with E-state index in [-0.39, 0.29) is 17.1 Å². The molecule has 0 aliphatic heterocycles. The smallest absolute Gasteiger partial charge is 0.257 e. The van der Waals surface area contributed by atoms with Gasteiger partial charge in [0.05, 0.1) is 0 Å². The fourth-order valence-corrected chi connectivity index (χ4v) is 3.71. The Kier molecular flexibility index (Phi) is 3.73. The topological polar surface area (TPSA) is 72.0 Å². The van der Waals surface area contributed by atoms with Crippen LogP contribution in [-0.4, -0.2) is 21.9 Å². The van der Waals surface area contributed by atoms with Gasteiger partial charge in [-0.25, -0.2) is 0 Å². The molecule has 0 fully saturated rings. The fourth-order valence-electron chi connectivity index (χ4n) is 2.92. The van der Waals surface area contributed by atoms with E-state index in [1.165, 1.54) is 11.3 Å². The number of benzene rings is 2. The van der Waals surface area contributed by atoms with E-state index in [1.54, 1.807) is 12.1 Å². The average molecular weight is 363 g/mol. The van der Waals surface area contributed by atoms with Gasteiger partial charge >= 0.3 is 0 Å². The summed E-state index contributed by atoms with van der Waals surface area (Å²) in [7, 11) is 0. The van der Waals surface area contributed by atoms with Crippen LogP contribution in [0.2, 0.25) is 0 Å². The van der Waals surface area contributed by atoms with Gasteiger partial charge in [-0.15, -0.1) is 10.2 Å². The van der Waals surface area contributed by atoms with Crippen molar-refractivity contribution in [3.05, 3.63) is 64.2 Å². The zero-order valence-electron chi connectivity index (χ0n) is 14.7. The van der Waals surface area contributed by atoms with Crippen LogP contribution in [0, 0.1) is 0 Å². The predicted octanol–water partition coefficient (Wildman–Crippen LogP) is 4.30. The van der Waals surface area contributed by atoms with E-state index in [0.29, 0.717) is 21.8 Å². The van der Waals surface area contributed by atoms with E-state index in [0.717, 1.165) is 16.1 Å². The average Bonchev–Trinajstić information content (AvgIpc) is 3.19. The molecule has 0 spiro atoms. The molecule has 5 nitrogen and oxygen atoms in total. The summed E-state index contributed by atoms with van der Waals surface area (Å²) in [4.78, 5) is 25.2. The largest absolute Gasteiger partial charge is 0.296 e. The molecule has 1 amide bonds. The molecule has 1 aromatic heterocycles. The van der Waals surface area contributed by atoms with Crippen LogP contribution in [0.15, 0.2) is 42.5 Å². The first-order valence-corrected chi connectivity index (χ1v) is 9.10. The van der Waals surface area contributed by atoms with Crippen molar-refractivity contribution >= 4 is 28.2 Å². The molecule has 0 unspecified atom stereocenters. The first-order chi connectivity index (χ1) is 12.3. The van der Waals surface area contributed by atoms with Crippen LogP contribution in [0.5, 0.6) is 0 Å². The normalized spacial score (nSPS) is 12.7. The molecule has 0 bridgehead atoms. The third kappa shape index (κ3) is 2.72. The van der Waals surface area contributed by atoms with E-state index in [1.807, 2.05) is 51.1 Å². The molecule has 26 heavy (non-hydrogen) atoms. The number of rotatable bonds is 2. The molecule has 6 heteroatoms. The first-order valence-electron chi connectivity index (χ1n) is 8.28. The number of fused-ring (bicyclic) bond motifs is 3. The Bertz CT molecular complexity index is 1050. The molecular weight excluding hydrogens is 346 g/mol. The first kappa shape index (κ1) is 16.6. The number of ketones is 1.